The molecule has 0 saturated heterocycles. The summed E-state index contributed by atoms with van der Waals surface area (Å²) in [4.78, 5) is 17.9. The number of hydrogen-bond donors (Lipinski definition) is 0. The number of pyridine rings is 1. The van der Waals surface area contributed by atoms with E-state index in [0.717, 1.165) is 29.4 Å². The Morgan fingerprint density at radius 3 is 2.29 bits per heavy atom. The van der Waals surface area contributed by atoms with Crippen molar-refractivity contribution in [2.24, 2.45) is 5.92 Å². The van der Waals surface area contributed by atoms with Gasteiger partial charge in [0.25, 0.3) is 0 Å². The van der Waals surface area contributed by atoms with Crippen molar-refractivity contribution in [2.75, 3.05) is 25.7 Å². The molecule has 0 saturated carbocycles. The molecular weight excluding hydrogens is 428 g/mol. The number of amides is 1. The lowest BCUT2D eigenvalue weighted by Crippen LogP contribution is -2.27. The highest BCUT2D eigenvalue weighted by Crippen LogP contribution is 2.37. The third-order valence-electron chi connectivity index (χ3n) is 5.67. The summed E-state index contributed by atoms with van der Waals surface area (Å²) in [5.41, 5.74) is 2.84. The Labute approximate surface area is 199 Å². The smallest absolute Gasteiger partial charge is 0.214 e. The minimum absolute atomic E-state index is 0.318. The minimum Gasteiger partial charge on any atom is -0.493 e. The summed E-state index contributed by atoms with van der Waals surface area (Å²) in [7, 11) is 3.19. The fraction of sp³-hybridized carbons (Fsp3) is 0.214. The fourth-order valence-corrected chi connectivity index (χ4v) is 4.00. The number of anilines is 1. The van der Waals surface area contributed by atoms with Crippen molar-refractivity contribution in [3.05, 3.63) is 84.6 Å². The van der Waals surface area contributed by atoms with Crippen LogP contribution in [-0.4, -0.2) is 32.2 Å². The van der Waals surface area contributed by atoms with Gasteiger partial charge in [0.2, 0.25) is 6.41 Å². The first-order valence-corrected chi connectivity index (χ1v) is 11.2. The highest BCUT2D eigenvalue weighted by atomic mass is 16.5. The van der Waals surface area contributed by atoms with Crippen LogP contribution in [0.4, 0.5) is 5.69 Å². The highest BCUT2D eigenvalue weighted by Gasteiger charge is 2.13. The number of carbonyl (C=O) groups is 1. The Balaban J connectivity index is 1.49. The highest BCUT2D eigenvalue weighted by molar-refractivity contribution is 5.88. The van der Waals surface area contributed by atoms with Crippen molar-refractivity contribution < 1.29 is 19.0 Å². The predicted octanol–water partition coefficient (Wildman–Crippen LogP) is 5.89. The number of benzene rings is 3. The first-order chi connectivity index (χ1) is 16.6. The van der Waals surface area contributed by atoms with Crippen LogP contribution in [0.2, 0.25) is 0 Å². The average molecular weight is 457 g/mol. The second-order valence-electron chi connectivity index (χ2n) is 8.18. The maximum atomic E-state index is 11.8. The van der Waals surface area contributed by atoms with E-state index in [9.17, 15) is 4.79 Å². The number of ether oxygens (including phenoxy) is 3. The van der Waals surface area contributed by atoms with Crippen LogP contribution < -0.4 is 19.1 Å². The van der Waals surface area contributed by atoms with Crippen molar-refractivity contribution in [3.63, 3.8) is 0 Å². The summed E-state index contributed by atoms with van der Waals surface area (Å²) in [6.07, 6.45) is 3.49. The van der Waals surface area contributed by atoms with Gasteiger partial charge in [-0.2, -0.15) is 0 Å². The van der Waals surface area contributed by atoms with Crippen molar-refractivity contribution >= 4 is 23.0 Å². The molecule has 1 unspecified atom stereocenters. The second-order valence-corrected chi connectivity index (χ2v) is 8.18. The molecule has 174 valence electrons. The largest absolute Gasteiger partial charge is 0.493 e. The fourth-order valence-electron chi connectivity index (χ4n) is 4.00. The van der Waals surface area contributed by atoms with Crippen LogP contribution >= 0.6 is 0 Å². The number of rotatable bonds is 10. The first-order valence-electron chi connectivity index (χ1n) is 11.2. The lowest BCUT2D eigenvalue weighted by Gasteiger charge is -2.22. The maximum Gasteiger partial charge on any atom is 0.214 e. The van der Waals surface area contributed by atoms with Gasteiger partial charge in [0, 0.05) is 29.9 Å². The second kappa shape index (κ2) is 10.7. The summed E-state index contributed by atoms with van der Waals surface area (Å²) in [6, 6.07) is 23.3. The van der Waals surface area contributed by atoms with E-state index in [0.29, 0.717) is 35.5 Å². The van der Waals surface area contributed by atoms with E-state index in [-0.39, 0.29) is 0 Å². The number of hydrogen-bond acceptors (Lipinski definition) is 5. The van der Waals surface area contributed by atoms with Gasteiger partial charge in [0.15, 0.2) is 11.5 Å². The average Bonchev–Trinajstić information content (AvgIpc) is 2.87. The van der Waals surface area contributed by atoms with Crippen LogP contribution in [0.25, 0.3) is 10.9 Å². The standard InChI is InChI=1S/C28H28N2O4/c1-20(15-21-7-5-4-6-8-21)18-30(19-31)22-9-11-23(12-10-22)34-26-13-14-29-25-17-28(33-3)27(32-2)16-24(25)26/h4-14,16-17,19-20H,15,18H2,1-3H3. The molecule has 1 amide bonds. The monoisotopic (exact) mass is 456 g/mol. The van der Waals surface area contributed by atoms with E-state index in [4.69, 9.17) is 14.2 Å². The van der Waals surface area contributed by atoms with Crippen LogP contribution in [0, 0.1) is 5.92 Å². The molecule has 34 heavy (non-hydrogen) atoms. The Kier molecular flexibility index (Phi) is 7.28. The number of nitrogens with zero attached hydrogens (tertiary/aromatic N) is 2. The molecule has 0 aliphatic rings. The van der Waals surface area contributed by atoms with Crippen molar-refractivity contribution in [1.82, 2.24) is 4.98 Å². The van der Waals surface area contributed by atoms with Crippen LogP contribution in [-0.2, 0) is 11.2 Å². The molecule has 6 heteroatoms. The van der Waals surface area contributed by atoms with E-state index >= 15 is 0 Å². The molecule has 0 aliphatic heterocycles. The van der Waals surface area contributed by atoms with Gasteiger partial charge in [-0.3, -0.25) is 9.78 Å². The van der Waals surface area contributed by atoms with Crippen LogP contribution in [0.1, 0.15) is 12.5 Å². The molecule has 3 aromatic carbocycles. The lowest BCUT2D eigenvalue weighted by molar-refractivity contribution is -0.107. The van der Waals surface area contributed by atoms with Crippen LogP contribution in [0.15, 0.2) is 79.0 Å². The molecule has 0 fully saturated rings. The molecule has 6 nitrogen and oxygen atoms in total. The molecule has 4 rings (SSSR count). The van der Waals surface area contributed by atoms with Crippen molar-refractivity contribution in [1.29, 1.82) is 0 Å². The van der Waals surface area contributed by atoms with E-state index in [1.165, 1.54) is 5.56 Å². The number of methoxy groups -OCH3 is 2. The van der Waals surface area contributed by atoms with E-state index < -0.39 is 0 Å². The Hall–Kier alpha value is -4.06. The van der Waals surface area contributed by atoms with Gasteiger partial charge in [-0.1, -0.05) is 37.3 Å². The molecule has 4 aromatic rings. The molecule has 0 aliphatic carbocycles. The molecule has 0 bridgehead atoms. The summed E-state index contributed by atoms with van der Waals surface area (Å²) < 4.78 is 16.9. The molecule has 0 spiro atoms. The summed E-state index contributed by atoms with van der Waals surface area (Å²) in [5.74, 6) is 2.85. The van der Waals surface area contributed by atoms with E-state index in [1.54, 1.807) is 25.3 Å². The summed E-state index contributed by atoms with van der Waals surface area (Å²) >= 11 is 0. The van der Waals surface area contributed by atoms with E-state index in [2.05, 4.69) is 24.0 Å². The van der Waals surface area contributed by atoms with Gasteiger partial charge in [0.05, 0.1) is 19.7 Å². The third kappa shape index (κ3) is 5.29. The molecular formula is C28H28N2O4. The van der Waals surface area contributed by atoms with Gasteiger partial charge in [-0.15, -0.1) is 0 Å². The normalized spacial score (nSPS) is 11.6. The van der Waals surface area contributed by atoms with Gasteiger partial charge >= 0.3 is 0 Å². The topological polar surface area (TPSA) is 60.9 Å². The number of fused-ring (bicyclic) bond motifs is 1. The zero-order valence-corrected chi connectivity index (χ0v) is 19.6. The van der Waals surface area contributed by atoms with Gasteiger partial charge in [-0.05, 0) is 54.3 Å². The van der Waals surface area contributed by atoms with Gasteiger partial charge in [-0.25, -0.2) is 0 Å². The van der Waals surface area contributed by atoms with E-state index in [1.807, 2.05) is 60.7 Å². The molecule has 0 radical (unpaired) electrons. The summed E-state index contributed by atoms with van der Waals surface area (Å²) in [6.45, 7) is 2.79. The maximum absolute atomic E-state index is 11.8. The van der Waals surface area contributed by atoms with Crippen molar-refractivity contribution in [3.8, 4) is 23.0 Å². The zero-order valence-electron chi connectivity index (χ0n) is 19.6. The quantitative estimate of drug-likeness (QED) is 0.279. The third-order valence-corrected chi connectivity index (χ3v) is 5.67. The number of carbonyl (C=O) groups excluding carboxylic acids is 1. The predicted molar refractivity (Wildman–Crippen MR) is 134 cm³/mol. The van der Waals surface area contributed by atoms with Crippen LogP contribution in [0.3, 0.4) is 0 Å². The minimum atomic E-state index is 0.318. The molecule has 1 heterocycles. The Morgan fingerprint density at radius 1 is 0.912 bits per heavy atom. The molecule has 1 aromatic heterocycles. The van der Waals surface area contributed by atoms with Gasteiger partial charge in [0.1, 0.15) is 11.5 Å². The zero-order chi connectivity index (χ0) is 23.9. The Morgan fingerprint density at radius 2 is 1.62 bits per heavy atom. The first kappa shape index (κ1) is 23.1. The molecule has 1 atom stereocenters. The summed E-state index contributed by atoms with van der Waals surface area (Å²) in [5, 5.41) is 0.813. The van der Waals surface area contributed by atoms with Crippen LogP contribution in [0.5, 0.6) is 23.0 Å². The van der Waals surface area contributed by atoms with Gasteiger partial charge < -0.3 is 19.1 Å². The lowest BCUT2D eigenvalue weighted by atomic mass is 10.0. The number of aromatic nitrogens is 1. The van der Waals surface area contributed by atoms with Crippen molar-refractivity contribution in [2.45, 2.75) is 13.3 Å². The molecule has 0 N–H and O–H groups in total. The SMILES string of the molecule is COc1cc2nccc(Oc3ccc(N(C=O)CC(C)Cc4ccccc4)cc3)c2cc1OC. The Bertz CT molecular complexity index is 1240.